The summed E-state index contributed by atoms with van der Waals surface area (Å²) in [5.41, 5.74) is 3.13. The van der Waals surface area contributed by atoms with E-state index < -0.39 is 16.1 Å². The first-order valence-electron chi connectivity index (χ1n) is 16.3. The molecule has 0 aliphatic carbocycles. The SMILES string of the molecule is O=C(Nc1cccc(COCCOCCCCCCNC[C@H](O)c2ccc(O)c(CO)c2)c1)c1cccc(NS(=O)(=O)c2ccccc2)c1. The molecule has 0 fully saturated rings. The van der Waals surface area contributed by atoms with E-state index in [1.54, 1.807) is 54.6 Å². The number of carbonyl (C=O) groups is 1. The predicted molar refractivity (Wildman–Crippen MR) is 189 cm³/mol. The highest BCUT2D eigenvalue weighted by Crippen LogP contribution is 2.22. The lowest BCUT2D eigenvalue weighted by Gasteiger charge is -2.14. The van der Waals surface area contributed by atoms with Crippen molar-refractivity contribution in [2.24, 2.45) is 0 Å². The maximum atomic E-state index is 12.9. The summed E-state index contributed by atoms with van der Waals surface area (Å²) in [4.78, 5) is 13.1. The van der Waals surface area contributed by atoms with Crippen molar-refractivity contribution in [2.45, 2.75) is 49.9 Å². The average molecular weight is 692 g/mol. The van der Waals surface area contributed by atoms with Crippen molar-refractivity contribution in [3.05, 3.63) is 119 Å². The first-order chi connectivity index (χ1) is 23.7. The van der Waals surface area contributed by atoms with Crippen LogP contribution in [0.4, 0.5) is 11.4 Å². The lowest BCUT2D eigenvalue weighted by atomic mass is 10.1. The Kier molecular flexibility index (Phi) is 15.0. The van der Waals surface area contributed by atoms with Gasteiger partial charge in [0.1, 0.15) is 5.75 Å². The van der Waals surface area contributed by atoms with Gasteiger partial charge in [0.25, 0.3) is 15.9 Å². The number of hydrogen-bond acceptors (Lipinski definition) is 9. The summed E-state index contributed by atoms with van der Waals surface area (Å²) in [6.07, 6.45) is 3.30. The van der Waals surface area contributed by atoms with E-state index in [9.17, 15) is 28.5 Å². The number of phenols is 1. The molecule has 262 valence electrons. The zero-order chi connectivity index (χ0) is 34.9. The molecule has 4 aromatic carbocycles. The number of aliphatic hydroxyl groups excluding tert-OH is 2. The molecule has 0 radical (unpaired) electrons. The number of carbonyl (C=O) groups excluding carboxylic acids is 1. The van der Waals surface area contributed by atoms with Gasteiger partial charge in [0.05, 0.1) is 37.4 Å². The van der Waals surface area contributed by atoms with Gasteiger partial charge in [0.15, 0.2) is 0 Å². The minimum absolute atomic E-state index is 0.0195. The Morgan fingerprint density at radius 3 is 2.35 bits per heavy atom. The molecule has 0 saturated heterocycles. The number of sulfonamides is 1. The molecule has 0 aliphatic rings. The number of aromatic hydroxyl groups is 1. The second-order valence-electron chi connectivity index (χ2n) is 11.5. The highest BCUT2D eigenvalue weighted by Gasteiger charge is 2.15. The van der Waals surface area contributed by atoms with Gasteiger partial charge in [-0.2, -0.15) is 0 Å². The van der Waals surface area contributed by atoms with Gasteiger partial charge in [-0.05, 0) is 85.1 Å². The third kappa shape index (κ3) is 12.6. The number of aliphatic hydroxyl groups is 2. The minimum Gasteiger partial charge on any atom is -0.508 e. The van der Waals surface area contributed by atoms with Gasteiger partial charge < -0.3 is 35.4 Å². The Bertz CT molecular complexity index is 1720. The van der Waals surface area contributed by atoms with Crippen LogP contribution in [0.2, 0.25) is 0 Å². The van der Waals surface area contributed by atoms with Gasteiger partial charge >= 0.3 is 0 Å². The van der Waals surface area contributed by atoms with E-state index in [-0.39, 0.29) is 28.8 Å². The molecule has 4 rings (SSSR count). The van der Waals surface area contributed by atoms with E-state index in [0.29, 0.717) is 55.4 Å². The Labute approximate surface area is 288 Å². The van der Waals surface area contributed by atoms with Gasteiger partial charge in [-0.1, -0.05) is 55.3 Å². The second-order valence-corrected chi connectivity index (χ2v) is 13.2. The summed E-state index contributed by atoms with van der Waals surface area (Å²) in [5, 5.41) is 35.3. The number of rotatable bonds is 21. The number of unbranched alkanes of at least 4 members (excludes halogenated alkanes) is 3. The number of amides is 1. The first-order valence-corrected chi connectivity index (χ1v) is 17.8. The summed E-state index contributed by atoms with van der Waals surface area (Å²) < 4.78 is 39.3. The van der Waals surface area contributed by atoms with Crippen molar-refractivity contribution in [3.8, 4) is 5.75 Å². The van der Waals surface area contributed by atoms with E-state index in [1.807, 2.05) is 18.2 Å². The van der Waals surface area contributed by atoms with Crippen molar-refractivity contribution in [3.63, 3.8) is 0 Å². The summed E-state index contributed by atoms with van der Waals surface area (Å²) in [5.74, 6) is -0.350. The molecule has 0 heterocycles. The molecular weight excluding hydrogens is 646 g/mol. The normalized spacial score (nSPS) is 12.0. The van der Waals surface area contributed by atoms with Crippen LogP contribution in [0.15, 0.2) is 102 Å². The maximum absolute atomic E-state index is 12.9. The fraction of sp³-hybridized carbons (Fsp3) is 0.324. The number of ether oxygens (including phenoxy) is 2. The molecule has 6 N–H and O–H groups in total. The van der Waals surface area contributed by atoms with E-state index >= 15 is 0 Å². The third-order valence-corrected chi connectivity index (χ3v) is 9.04. The molecule has 0 aromatic heterocycles. The molecule has 0 aliphatic heterocycles. The van der Waals surface area contributed by atoms with E-state index in [4.69, 9.17) is 9.47 Å². The monoisotopic (exact) mass is 691 g/mol. The summed E-state index contributed by atoms with van der Waals surface area (Å²) in [6, 6.07) is 26.4. The Morgan fingerprint density at radius 2 is 1.53 bits per heavy atom. The predicted octanol–water partition coefficient (Wildman–Crippen LogP) is 5.35. The zero-order valence-electron chi connectivity index (χ0n) is 27.4. The van der Waals surface area contributed by atoms with Gasteiger partial charge in [-0.15, -0.1) is 0 Å². The minimum atomic E-state index is -3.78. The molecule has 0 bridgehead atoms. The van der Waals surface area contributed by atoms with Crippen molar-refractivity contribution in [1.29, 1.82) is 0 Å². The molecular formula is C37H45N3O8S. The summed E-state index contributed by atoms with van der Waals surface area (Å²) >= 11 is 0. The van der Waals surface area contributed by atoms with Crippen molar-refractivity contribution in [1.82, 2.24) is 5.32 Å². The van der Waals surface area contributed by atoms with Crippen LogP contribution in [0.5, 0.6) is 5.75 Å². The van der Waals surface area contributed by atoms with Crippen molar-refractivity contribution >= 4 is 27.3 Å². The van der Waals surface area contributed by atoms with Crippen molar-refractivity contribution in [2.75, 3.05) is 42.9 Å². The van der Waals surface area contributed by atoms with Crippen LogP contribution in [0.25, 0.3) is 0 Å². The third-order valence-electron chi connectivity index (χ3n) is 7.64. The maximum Gasteiger partial charge on any atom is 0.261 e. The van der Waals surface area contributed by atoms with Crippen LogP contribution in [0, 0.1) is 0 Å². The second kappa shape index (κ2) is 19.6. The van der Waals surface area contributed by atoms with Crippen LogP contribution in [0.3, 0.4) is 0 Å². The van der Waals surface area contributed by atoms with Gasteiger partial charge in [-0.3, -0.25) is 9.52 Å². The molecule has 49 heavy (non-hydrogen) atoms. The molecule has 1 amide bonds. The van der Waals surface area contributed by atoms with Crippen LogP contribution < -0.4 is 15.4 Å². The van der Waals surface area contributed by atoms with E-state index in [2.05, 4.69) is 15.4 Å². The molecule has 4 aromatic rings. The largest absolute Gasteiger partial charge is 0.508 e. The molecule has 11 nitrogen and oxygen atoms in total. The number of benzene rings is 4. The molecule has 1 atom stereocenters. The molecule has 12 heteroatoms. The number of anilines is 2. The summed E-state index contributed by atoms with van der Waals surface area (Å²) in [6.45, 7) is 2.84. The fourth-order valence-corrected chi connectivity index (χ4v) is 6.06. The Morgan fingerprint density at radius 1 is 0.776 bits per heavy atom. The lowest BCUT2D eigenvalue weighted by molar-refractivity contribution is 0.0393. The first kappa shape index (κ1) is 37.5. The van der Waals surface area contributed by atoms with Crippen LogP contribution in [-0.2, 0) is 32.7 Å². The smallest absolute Gasteiger partial charge is 0.261 e. The Balaban J connectivity index is 1.05. The Hall–Kier alpha value is -4.30. The van der Waals surface area contributed by atoms with Crippen molar-refractivity contribution < 1.29 is 38.0 Å². The molecule has 0 unspecified atom stereocenters. The standard InChI is InChI=1S/C37H45N3O8S/c41-26-31-23-29(16-17-35(31)42)36(43)25-38-18-6-1-2-7-19-47-20-21-48-27-28-10-8-12-32(22-28)39-37(44)30-11-9-13-33(24-30)40-49(45,46)34-14-4-3-5-15-34/h3-5,8-17,22-24,36,38,40-43H,1-2,6-7,18-21,25-27H2,(H,39,44)/t36-/m0/s1. The van der Waals surface area contributed by atoms with Gasteiger partial charge in [-0.25, -0.2) is 8.42 Å². The van der Waals surface area contributed by atoms with Crippen LogP contribution >= 0.6 is 0 Å². The molecule has 0 saturated carbocycles. The van der Waals surface area contributed by atoms with Gasteiger partial charge in [0.2, 0.25) is 0 Å². The fourth-order valence-electron chi connectivity index (χ4n) is 4.99. The van der Waals surface area contributed by atoms with E-state index in [1.165, 1.54) is 24.3 Å². The van der Waals surface area contributed by atoms with Gasteiger partial charge in [0, 0.05) is 35.7 Å². The highest BCUT2D eigenvalue weighted by atomic mass is 32.2. The zero-order valence-corrected chi connectivity index (χ0v) is 28.2. The topological polar surface area (TPSA) is 166 Å². The number of hydrogen-bond donors (Lipinski definition) is 6. The van der Waals surface area contributed by atoms with Crippen LogP contribution in [0.1, 0.15) is 58.8 Å². The lowest BCUT2D eigenvalue weighted by Crippen LogP contribution is -2.22. The van der Waals surface area contributed by atoms with Crippen LogP contribution in [-0.4, -0.2) is 62.6 Å². The highest BCUT2D eigenvalue weighted by molar-refractivity contribution is 7.92. The summed E-state index contributed by atoms with van der Waals surface area (Å²) in [7, 11) is -3.78. The average Bonchev–Trinajstić information content (AvgIpc) is 3.11. The number of nitrogens with one attached hydrogen (secondary N) is 3. The molecule has 0 spiro atoms. The van der Waals surface area contributed by atoms with E-state index in [0.717, 1.165) is 37.8 Å². The quantitative estimate of drug-likeness (QED) is 0.0632.